The van der Waals surface area contributed by atoms with Gasteiger partial charge in [0.25, 0.3) is 0 Å². The fourth-order valence-corrected chi connectivity index (χ4v) is 2.77. The predicted molar refractivity (Wildman–Crippen MR) is 110 cm³/mol. The molecule has 0 fully saturated rings. The van der Waals surface area contributed by atoms with Crippen LogP contribution in [0.5, 0.6) is 0 Å². The maximum atomic E-state index is 4.74. The molecule has 0 aliphatic rings. The molecule has 0 heterocycles. The Morgan fingerprint density at radius 2 is 1.68 bits per heavy atom. The molecule has 0 aromatic heterocycles. The second-order valence-corrected chi connectivity index (χ2v) is 6.86. The quantitative estimate of drug-likeness (QED) is 0.283. The Kier molecular flexibility index (Phi) is 7.97. The van der Waals surface area contributed by atoms with Crippen molar-refractivity contribution in [3.05, 3.63) is 78.4 Å². The molecule has 25 heavy (non-hydrogen) atoms. The van der Waals surface area contributed by atoms with Gasteiger partial charge in [-0.2, -0.15) is 5.10 Å². The standard InChI is InChI=1S/C23H30N2/c1-20(2)11-10-12-21(3)17-18-25(23-15-8-5-9-16-23)24-19-22-13-6-4-7-14-22/h4-9,13-16,19,21H,1,10-12,17-18H2,2-3H3. The summed E-state index contributed by atoms with van der Waals surface area (Å²) in [6.45, 7) is 9.37. The normalized spacial score (nSPS) is 12.2. The summed E-state index contributed by atoms with van der Waals surface area (Å²) in [7, 11) is 0. The third-order valence-electron chi connectivity index (χ3n) is 4.33. The van der Waals surface area contributed by atoms with Crippen LogP contribution in [-0.2, 0) is 0 Å². The number of anilines is 1. The summed E-state index contributed by atoms with van der Waals surface area (Å²) in [4.78, 5) is 0. The second kappa shape index (κ2) is 10.5. The predicted octanol–water partition coefficient (Wildman–Crippen LogP) is 6.30. The van der Waals surface area contributed by atoms with Crippen molar-refractivity contribution in [2.75, 3.05) is 11.6 Å². The van der Waals surface area contributed by atoms with Gasteiger partial charge in [-0.3, -0.25) is 5.01 Å². The molecular weight excluding hydrogens is 304 g/mol. The van der Waals surface area contributed by atoms with Crippen molar-refractivity contribution in [1.29, 1.82) is 0 Å². The molecule has 0 radical (unpaired) electrons. The average Bonchev–Trinajstić information content (AvgIpc) is 2.63. The number of benzene rings is 2. The number of hydrogen-bond acceptors (Lipinski definition) is 2. The van der Waals surface area contributed by atoms with Crippen LogP contribution in [0.1, 0.15) is 45.1 Å². The molecule has 0 spiro atoms. The molecule has 0 saturated heterocycles. The summed E-state index contributed by atoms with van der Waals surface area (Å²) in [5, 5.41) is 6.85. The summed E-state index contributed by atoms with van der Waals surface area (Å²) in [6.07, 6.45) is 6.70. The van der Waals surface area contributed by atoms with Gasteiger partial charge in [0.2, 0.25) is 0 Å². The van der Waals surface area contributed by atoms with Gasteiger partial charge in [-0.15, -0.1) is 6.58 Å². The van der Waals surface area contributed by atoms with Gasteiger partial charge in [-0.25, -0.2) is 0 Å². The first-order valence-electron chi connectivity index (χ1n) is 9.21. The van der Waals surface area contributed by atoms with E-state index in [4.69, 9.17) is 5.10 Å². The Morgan fingerprint density at radius 3 is 2.32 bits per heavy atom. The van der Waals surface area contributed by atoms with Crippen molar-refractivity contribution in [3.63, 3.8) is 0 Å². The fourth-order valence-electron chi connectivity index (χ4n) is 2.77. The molecule has 0 aliphatic carbocycles. The Labute approximate surface area is 152 Å². The third-order valence-corrected chi connectivity index (χ3v) is 4.33. The second-order valence-electron chi connectivity index (χ2n) is 6.86. The Morgan fingerprint density at radius 1 is 1.04 bits per heavy atom. The van der Waals surface area contributed by atoms with E-state index >= 15 is 0 Å². The minimum atomic E-state index is 0.692. The molecule has 0 N–H and O–H groups in total. The van der Waals surface area contributed by atoms with E-state index in [2.05, 4.69) is 61.8 Å². The van der Waals surface area contributed by atoms with Gasteiger partial charge in [0, 0.05) is 6.54 Å². The number of nitrogens with zero attached hydrogens (tertiary/aromatic N) is 2. The maximum Gasteiger partial charge on any atom is 0.0593 e. The summed E-state index contributed by atoms with van der Waals surface area (Å²) in [6, 6.07) is 20.7. The Hall–Kier alpha value is -2.35. The number of allylic oxidation sites excluding steroid dienone is 1. The van der Waals surface area contributed by atoms with E-state index in [1.807, 2.05) is 30.5 Å². The number of hydrogen-bond donors (Lipinski definition) is 0. The molecule has 132 valence electrons. The SMILES string of the molecule is C=C(C)CCCC(C)CCN(N=Cc1ccccc1)c1ccccc1. The number of rotatable bonds is 10. The van der Waals surface area contributed by atoms with Crippen LogP contribution in [0.2, 0.25) is 0 Å². The molecule has 2 aromatic carbocycles. The van der Waals surface area contributed by atoms with Crippen LogP contribution >= 0.6 is 0 Å². The van der Waals surface area contributed by atoms with Crippen LogP contribution in [0.3, 0.4) is 0 Å². The summed E-state index contributed by atoms with van der Waals surface area (Å²) < 4.78 is 0. The van der Waals surface area contributed by atoms with E-state index in [1.54, 1.807) is 0 Å². The molecule has 0 saturated carbocycles. The smallest absolute Gasteiger partial charge is 0.0593 e. The highest BCUT2D eigenvalue weighted by molar-refractivity contribution is 5.80. The van der Waals surface area contributed by atoms with E-state index in [0.717, 1.165) is 30.6 Å². The summed E-state index contributed by atoms with van der Waals surface area (Å²) in [5.74, 6) is 0.692. The summed E-state index contributed by atoms with van der Waals surface area (Å²) in [5.41, 5.74) is 3.55. The first-order chi connectivity index (χ1) is 12.1. The van der Waals surface area contributed by atoms with E-state index < -0.39 is 0 Å². The number of para-hydroxylation sites is 1. The van der Waals surface area contributed by atoms with E-state index in [1.165, 1.54) is 18.4 Å². The molecule has 1 atom stereocenters. The van der Waals surface area contributed by atoms with Crippen LogP contribution in [-0.4, -0.2) is 12.8 Å². The highest BCUT2D eigenvalue weighted by Gasteiger charge is 2.08. The lowest BCUT2D eigenvalue weighted by molar-refractivity contribution is 0.474. The van der Waals surface area contributed by atoms with Gasteiger partial charge in [0.05, 0.1) is 11.9 Å². The first-order valence-corrected chi connectivity index (χ1v) is 9.21. The zero-order valence-corrected chi connectivity index (χ0v) is 15.6. The van der Waals surface area contributed by atoms with E-state index in [-0.39, 0.29) is 0 Å². The first kappa shape index (κ1) is 19.0. The molecule has 2 heteroatoms. The Bertz CT molecular complexity index is 646. The zero-order valence-electron chi connectivity index (χ0n) is 15.6. The monoisotopic (exact) mass is 334 g/mol. The molecule has 2 aromatic rings. The average molecular weight is 335 g/mol. The van der Waals surface area contributed by atoms with Gasteiger partial charge in [-0.05, 0) is 49.8 Å². The maximum absolute atomic E-state index is 4.74. The minimum Gasteiger partial charge on any atom is -0.266 e. The van der Waals surface area contributed by atoms with Crippen LogP contribution in [0, 0.1) is 5.92 Å². The summed E-state index contributed by atoms with van der Waals surface area (Å²) >= 11 is 0. The van der Waals surface area contributed by atoms with Crippen molar-refractivity contribution in [2.24, 2.45) is 11.0 Å². The van der Waals surface area contributed by atoms with Crippen molar-refractivity contribution in [3.8, 4) is 0 Å². The molecule has 2 rings (SSSR count). The van der Waals surface area contributed by atoms with Gasteiger partial charge in [0.15, 0.2) is 0 Å². The fraction of sp³-hybridized carbons (Fsp3) is 0.348. The molecule has 0 amide bonds. The minimum absolute atomic E-state index is 0.692. The van der Waals surface area contributed by atoms with Crippen LogP contribution in [0.25, 0.3) is 0 Å². The van der Waals surface area contributed by atoms with Crippen molar-refractivity contribution >= 4 is 11.9 Å². The third kappa shape index (κ3) is 7.38. The van der Waals surface area contributed by atoms with Crippen LogP contribution in [0.15, 0.2) is 77.9 Å². The highest BCUT2D eigenvalue weighted by atomic mass is 15.4. The topological polar surface area (TPSA) is 15.6 Å². The van der Waals surface area contributed by atoms with Gasteiger partial charge >= 0.3 is 0 Å². The van der Waals surface area contributed by atoms with Gasteiger partial charge < -0.3 is 0 Å². The van der Waals surface area contributed by atoms with Crippen LogP contribution in [0.4, 0.5) is 5.69 Å². The lowest BCUT2D eigenvalue weighted by Crippen LogP contribution is -2.20. The van der Waals surface area contributed by atoms with Gasteiger partial charge in [0.1, 0.15) is 0 Å². The van der Waals surface area contributed by atoms with Gasteiger partial charge in [-0.1, -0.05) is 67.4 Å². The van der Waals surface area contributed by atoms with Crippen LogP contribution < -0.4 is 5.01 Å². The van der Waals surface area contributed by atoms with Crippen molar-refractivity contribution < 1.29 is 0 Å². The highest BCUT2D eigenvalue weighted by Crippen LogP contribution is 2.19. The lowest BCUT2D eigenvalue weighted by Gasteiger charge is -2.21. The zero-order chi connectivity index (χ0) is 17.9. The molecule has 1 unspecified atom stereocenters. The Balaban J connectivity index is 1.95. The molecular formula is C23H30N2. The lowest BCUT2D eigenvalue weighted by atomic mass is 9.99. The molecule has 0 aliphatic heterocycles. The van der Waals surface area contributed by atoms with Crippen molar-refractivity contribution in [1.82, 2.24) is 0 Å². The molecule has 0 bridgehead atoms. The molecule has 2 nitrogen and oxygen atoms in total. The number of hydrazone groups is 1. The largest absolute Gasteiger partial charge is 0.266 e. The van der Waals surface area contributed by atoms with E-state index in [9.17, 15) is 0 Å². The van der Waals surface area contributed by atoms with Crippen molar-refractivity contribution in [2.45, 2.75) is 39.5 Å². The van der Waals surface area contributed by atoms with E-state index in [0.29, 0.717) is 5.92 Å².